The molecule has 1 aliphatic heterocycles. The van der Waals surface area contributed by atoms with E-state index in [2.05, 4.69) is 4.90 Å². The van der Waals surface area contributed by atoms with Gasteiger partial charge in [-0.2, -0.15) is 0 Å². The Bertz CT molecular complexity index is 379. The number of ether oxygens (including phenoxy) is 1. The van der Waals surface area contributed by atoms with Gasteiger partial charge in [-0.05, 0) is 18.7 Å². The lowest BCUT2D eigenvalue weighted by atomic mass is 9.95. The largest absolute Gasteiger partial charge is 0.507 e. The van der Waals surface area contributed by atoms with Crippen LogP contribution >= 0.6 is 0 Å². The van der Waals surface area contributed by atoms with Crippen LogP contribution in [0.5, 0.6) is 11.5 Å². The van der Waals surface area contributed by atoms with Crippen molar-refractivity contribution in [1.82, 2.24) is 4.90 Å². The molecular weight excluding hydrogens is 192 g/mol. The maximum Gasteiger partial charge on any atom is 0.124 e. The number of hydrogen-bond acceptors (Lipinski definition) is 4. The van der Waals surface area contributed by atoms with Crippen LogP contribution in [-0.2, 0) is 6.54 Å². The first-order valence-electron chi connectivity index (χ1n) is 4.95. The van der Waals surface area contributed by atoms with E-state index in [0.29, 0.717) is 5.75 Å². The van der Waals surface area contributed by atoms with Gasteiger partial charge in [0.25, 0.3) is 0 Å². The number of likely N-dealkylation sites (N-methyl/N-ethyl adjacent to an activating group) is 1. The summed E-state index contributed by atoms with van der Waals surface area (Å²) in [6.07, 6.45) is 0. The zero-order valence-electron chi connectivity index (χ0n) is 9.03. The topological polar surface area (TPSA) is 58.7 Å². The summed E-state index contributed by atoms with van der Waals surface area (Å²) in [5.41, 5.74) is 7.93. The predicted octanol–water partition coefficient (Wildman–Crippen LogP) is 0.846. The van der Waals surface area contributed by atoms with E-state index in [-0.39, 0.29) is 11.8 Å². The van der Waals surface area contributed by atoms with E-state index in [0.717, 1.165) is 24.2 Å². The summed E-state index contributed by atoms with van der Waals surface area (Å²) < 4.78 is 5.11. The predicted molar refractivity (Wildman–Crippen MR) is 57.9 cm³/mol. The summed E-state index contributed by atoms with van der Waals surface area (Å²) in [7, 11) is 3.58. The fourth-order valence-corrected chi connectivity index (χ4v) is 2.04. The van der Waals surface area contributed by atoms with Gasteiger partial charge in [-0.3, -0.25) is 0 Å². The standard InChI is InChI=1S/C11H16N2O2/c1-13-5-9-8(10(12)6-13)3-7(15-2)4-11(9)14/h3-4,10,14H,5-6,12H2,1-2H3. The SMILES string of the molecule is COc1cc(O)c2c(c1)C(N)CN(C)C2. The Morgan fingerprint density at radius 3 is 2.93 bits per heavy atom. The van der Waals surface area contributed by atoms with Crippen LogP contribution in [0.1, 0.15) is 17.2 Å². The minimum Gasteiger partial charge on any atom is -0.507 e. The number of hydrogen-bond donors (Lipinski definition) is 2. The third-order valence-corrected chi connectivity index (χ3v) is 2.81. The van der Waals surface area contributed by atoms with E-state index in [9.17, 15) is 5.11 Å². The monoisotopic (exact) mass is 208 g/mol. The molecule has 0 amide bonds. The molecule has 1 aromatic carbocycles. The maximum atomic E-state index is 9.84. The molecule has 1 atom stereocenters. The van der Waals surface area contributed by atoms with Crippen LogP contribution in [-0.4, -0.2) is 30.7 Å². The minimum absolute atomic E-state index is 0.0558. The van der Waals surface area contributed by atoms with Gasteiger partial charge in [0.05, 0.1) is 7.11 Å². The fourth-order valence-electron chi connectivity index (χ4n) is 2.04. The van der Waals surface area contributed by atoms with E-state index < -0.39 is 0 Å². The van der Waals surface area contributed by atoms with Crippen LogP contribution in [0.2, 0.25) is 0 Å². The Kier molecular flexibility index (Phi) is 2.54. The molecule has 0 fully saturated rings. The highest BCUT2D eigenvalue weighted by molar-refractivity contribution is 5.48. The average Bonchev–Trinajstić information content (AvgIpc) is 2.19. The molecule has 1 unspecified atom stereocenters. The van der Waals surface area contributed by atoms with E-state index in [4.69, 9.17) is 10.5 Å². The molecule has 2 rings (SSSR count). The van der Waals surface area contributed by atoms with E-state index in [1.54, 1.807) is 13.2 Å². The molecule has 3 N–H and O–H groups in total. The van der Waals surface area contributed by atoms with Crippen LogP contribution in [0.3, 0.4) is 0 Å². The number of nitrogens with two attached hydrogens (primary N) is 1. The molecule has 15 heavy (non-hydrogen) atoms. The van der Waals surface area contributed by atoms with E-state index >= 15 is 0 Å². The van der Waals surface area contributed by atoms with Gasteiger partial charge < -0.3 is 20.5 Å². The number of benzene rings is 1. The highest BCUT2D eigenvalue weighted by atomic mass is 16.5. The highest BCUT2D eigenvalue weighted by Gasteiger charge is 2.23. The molecule has 4 heteroatoms. The van der Waals surface area contributed by atoms with Crippen LogP contribution in [0.15, 0.2) is 12.1 Å². The first-order valence-corrected chi connectivity index (χ1v) is 4.95. The molecule has 1 aromatic rings. The summed E-state index contributed by atoms with van der Waals surface area (Å²) in [6.45, 7) is 1.54. The summed E-state index contributed by atoms with van der Waals surface area (Å²) >= 11 is 0. The van der Waals surface area contributed by atoms with Gasteiger partial charge in [-0.25, -0.2) is 0 Å². The first-order chi connectivity index (χ1) is 7.11. The van der Waals surface area contributed by atoms with Gasteiger partial charge in [0.1, 0.15) is 11.5 Å². The van der Waals surface area contributed by atoms with Crippen molar-refractivity contribution in [1.29, 1.82) is 0 Å². The molecule has 4 nitrogen and oxygen atoms in total. The number of nitrogens with zero attached hydrogens (tertiary/aromatic N) is 1. The Labute approximate surface area is 89.3 Å². The molecule has 0 spiro atoms. The second kappa shape index (κ2) is 3.72. The number of phenols is 1. The molecule has 1 heterocycles. The normalized spacial score (nSPS) is 21.1. The van der Waals surface area contributed by atoms with Gasteiger partial charge in [-0.1, -0.05) is 0 Å². The number of phenolic OH excluding ortho intramolecular Hbond substituents is 1. The fraction of sp³-hybridized carbons (Fsp3) is 0.455. The van der Waals surface area contributed by atoms with Crippen molar-refractivity contribution < 1.29 is 9.84 Å². The molecule has 0 aliphatic carbocycles. The van der Waals surface area contributed by atoms with Crippen molar-refractivity contribution in [3.05, 3.63) is 23.3 Å². The highest BCUT2D eigenvalue weighted by Crippen LogP contribution is 2.34. The van der Waals surface area contributed by atoms with Crippen molar-refractivity contribution >= 4 is 0 Å². The quantitative estimate of drug-likeness (QED) is 0.718. The summed E-state index contributed by atoms with van der Waals surface area (Å²) in [6, 6.07) is 3.48. The lowest BCUT2D eigenvalue weighted by Crippen LogP contribution is -2.34. The van der Waals surface area contributed by atoms with Crippen LogP contribution in [0.4, 0.5) is 0 Å². The smallest absolute Gasteiger partial charge is 0.124 e. The van der Waals surface area contributed by atoms with Crippen molar-refractivity contribution in [3.8, 4) is 11.5 Å². The van der Waals surface area contributed by atoms with Crippen molar-refractivity contribution in [2.75, 3.05) is 20.7 Å². The molecule has 0 bridgehead atoms. The number of aromatic hydroxyl groups is 1. The third kappa shape index (κ3) is 1.78. The number of methoxy groups -OCH3 is 1. The molecule has 0 radical (unpaired) electrons. The van der Waals surface area contributed by atoms with Crippen molar-refractivity contribution in [3.63, 3.8) is 0 Å². The van der Waals surface area contributed by atoms with Gasteiger partial charge in [0.15, 0.2) is 0 Å². The molecule has 1 aliphatic rings. The minimum atomic E-state index is -0.0558. The number of fused-ring (bicyclic) bond motifs is 1. The average molecular weight is 208 g/mol. The summed E-state index contributed by atoms with van der Waals surface area (Å²) in [4.78, 5) is 2.10. The van der Waals surface area contributed by atoms with Crippen LogP contribution in [0.25, 0.3) is 0 Å². The zero-order chi connectivity index (χ0) is 11.0. The summed E-state index contributed by atoms with van der Waals surface area (Å²) in [5, 5.41) is 9.84. The third-order valence-electron chi connectivity index (χ3n) is 2.81. The molecule has 0 aromatic heterocycles. The second-order valence-electron chi connectivity index (χ2n) is 4.02. The number of rotatable bonds is 1. The zero-order valence-corrected chi connectivity index (χ0v) is 9.03. The lowest BCUT2D eigenvalue weighted by molar-refractivity contribution is 0.275. The lowest BCUT2D eigenvalue weighted by Gasteiger charge is -2.30. The molecular formula is C11H16N2O2. The Balaban J connectivity index is 2.50. The Morgan fingerprint density at radius 1 is 1.53 bits per heavy atom. The first kappa shape index (κ1) is 10.3. The van der Waals surface area contributed by atoms with Gasteiger partial charge >= 0.3 is 0 Å². The van der Waals surface area contributed by atoms with Gasteiger partial charge in [0.2, 0.25) is 0 Å². The maximum absolute atomic E-state index is 9.84. The van der Waals surface area contributed by atoms with Gasteiger partial charge in [-0.15, -0.1) is 0 Å². The van der Waals surface area contributed by atoms with Crippen LogP contribution < -0.4 is 10.5 Å². The van der Waals surface area contributed by atoms with Crippen LogP contribution in [0, 0.1) is 0 Å². The van der Waals surface area contributed by atoms with Gasteiger partial charge in [0, 0.05) is 30.8 Å². The Hall–Kier alpha value is -1.26. The second-order valence-corrected chi connectivity index (χ2v) is 4.02. The molecule has 0 saturated heterocycles. The van der Waals surface area contributed by atoms with E-state index in [1.165, 1.54) is 0 Å². The van der Waals surface area contributed by atoms with Crippen molar-refractivity contribution in [2.45, 2.75) is 12.6 Å². The van der Waals surface area contributed by atoms with E-state index in [1.807, 2.05) is 13.1 Å². The molecule has 0 saturated carbocycles. The van der Waals surface area contributed by atoms with Crippen molar-refractivity contribution in [2.24, 2.45) is 5.73 Å². The molecule has 82 valence electrons. The Morgan fingerprint density at radius 2 is 2.27 bits per heavy atom. The summed E-state index contributed by atoms with van der Waals surface area (Å²) in [5.74, 6) is 0.928.